The fraction of sp³-hybridized carbons (Fsp3) is 0.111. The molecule has 0 aliphatic rings. The molecule has 0 aliphatic heterocycles. The van der Waals surface area contributed by atoms with Gasteiger partial charge in [-0.25, -0.2) is 4.39 Å². The van der Waals surface area contributed by atoms with Gasteiger partial charge in [-0.1, -0.05) is 35.9 Å². The summed E-state index contributed by atoms with van der Waals surface area (Å²) < 4.78 is 18.2. The van der Waals surface area contributed by atoms with E-state index in [9.17, 15) is 9.18 Å². The molecule has 3 aromatic rings. The second-order valence-electron chi connectivity index (χ2n) is 5.31. The maximum Gasteiger partial charge on any atom is 0.258 e. The molecule has 0 spiro atoms. The van der Waals surface area contributed by atoms with E-state index >= 15 is 0 Å². The smallest absolute Gasteiger partial charge is 0.258 e. The Kier molecular flexibility index (Phi) is 5.30. The molecule has 0 unspecified atom stereocenters. The molecule has 0 saturated carbocycles. The first kappa shape index (κ1) is 17.0. The van der Waals surface area contributed by atoms with Crippen LogP contribution in [0.15, 0.2) is 54.7 Å². The summed E-state index contributed by atoms with van der Waals surface area (Å²) in [4.78, 5) is 11.9. The van der Waals surface area contributed by atoms with Crippen LogP contribution in [0.3, 0.4) is 0 Å². The Morgan fingerprint density at radius 3 is 2.68 bits per heavy atom. The third-order valence-electron chi connectivity index (χ3n) is 3.51. The zero-order chi connectivity index (χ0) is 17.6. The van der Waals surface area contributed by atoms with Crippen LogP contribution in [0.1, 0.15) is 5.56 Å². The number of ether oxygens (including phenoxy) is 1. The van der Waals surface area contributed by atoms with Gasteiger partial charge in [0.1, 0.15) is 11.6 Å². The number of rotatable bonds is 6. The summed E-state index contributed by atoms with van der Waals surface area (Å²) in [5.74, 6) is -0.486. The summed E-state index contributed by atoms with van der Waals surface area (Å²) in [7, 11) is 0. The van der Waals surface area contributed by atoms with Gasteiger partial charge in [-0.15, -0.1) is 0 Å². The Balaban J connectivity index is 1.49. The number of amides is 1. The first-order valence-electron chi connectivity index (χ1n) is 7.55. The molecule has 25 heavy (non-hydrogen) atoms. The number of carbonyl (C=O) groups is 1. The number of aromatic amines is 1. The molecule has 0 radical (unpaired) electrons. The second kappa shape index (κ2) is 7.81. The average Bonchev–Trinajstić information content (AvgIpc) is 3.14. The number of H-pyrrole nitrogens is 1. The Bertz CT molecular complexity index is 851. The monoisotopic (exact) mass is 359 g/mol. The third kappa shape index (κ3) is 4.58. The van der Waals surface area contributed by atoms with Crippen LogP contribution < -0.4 is 10.1 Å². The number of benzene rings is 2. The number of hydrogen-bond donors (Lipinski definition) is 2. The van der Waals surface area contributed by atoms with Gasteiger partial charge in [-0.2, -0.15) is 5.10 Å². The van der Waals surface area contributed by atoms with Crippen molar-refractivity contribution >= 4 is 17.5 Å². The van der Waals surface area contributed by atoms with Gasteiger partial charge in [0.15, 0.2) is 6.61 Å². The van der Waals surface area contributed by atoms with E-state index < -0.39 is 5.82 Å². The van der Waals surface area contributed by atoms with E-state index in [1.807, 2.05) is 30.3 Å². The first-order valence-corrected chi connectivity index (χ1v) is 7.93. The largest absolute Gasteiger partial charge is 0.482 e. The van der Waals surface area contributed by atoms with Crippen LogP contribution in [0, 0.1) is 5.82 Å². The van der Waals surface area contributed by atoms with Crippen molar-refractivity contribution in [1.29, 1.82) is 0 Å². The lowest BCUT2D eigenvalue weighted by Crippen LogP contribution is -2.28. The Morgan fingerprint density at radius 1 is 1.20 bits per heavy atom. The molecule has 0 atom stereocenters. The Morgan fingerprint density at radius 2 is 2.00 bits per heavy atom. The lowest BCUT2D eigenvalue weighted by atomic mass is 10.1. The van der Waals surface area contributed by atoms with Gasteiger partial charge in [-0.05, 0) is 35.4 Å². The van der Waals surface area contributed by atoms with Crippen molar-refractivity contribution in [2.75, 3.05) is 6.61 Å². The molecule has 0 bridgehead atoms. The number of aromatic nitrogens is 2. The van der Waals surface area contributed by atoms with Crippen LogP contribution in [0.5, 0.6) is 5.75 Å². The minimum Gasteiger partial charge on any atom is -0.482 e. The van der Waals surface area contributed by atoms with Gasteiger partial charge >= 0.3 is 0 Å². The first-order chi connectivity index (χ1) is 12.1. The maximum atomic E-state index is 12.9. The van der Waals surface area contributed by atoms with Gasteiger partial charge in [0.2, 0.25) is 0 Å². The SMILES string of the molecule is O=C(COc1ccc(F)cc1Cl)NCc1ccc(-c2ccn[nH]2)cc1. The normalized spacial score (nSPS) is 10.5. The zero-order valence-electron chi connectivity index (χ0n) is 13.1. The van der Waals surface area contributed by atoms with Crippen LogP contribution >= 0.6 is 11.6 Å². The molecular weight excluding hydrogens is 345 g/mol. The van der Waals surface area contributed by atoms with E-state index in [1.54, 1.807) is 6.20 Å². The van der Waals surface area contributed by atoms with E-state index in [4.69, 9.17) is 16.3 Å². The maximum absolute atomic E-state index is 12.9. The molecule has 3 rings (SSSR count). The predicted octanol–water partition coefficient (Wildman–Crippen LogP) is 3.56. The van der Waals surface area contributed by atoms with Crippen molar-refractivity contribution in [2.24, 2.45) is 0 Å². The van der Waals surface area contributed by atoms with Crippen LogP contribution in [0.4, 0.5) is 4.39 Å². The van der Waals surface area contributed by atoms with Gasteiger partial charge in [-0.3, -0.25) is 9.89 Å². The molecule has 0 aliphatic carbocycles. The van der Waals surface area contributed by atoms with Crippen molar-refractivity contribution in [1.82, 2.24) is 15.5 Å². The molecule has 0 fully saturated rings. The lowest BCUT2D eigenvalue weighted by molar-refractivity contribution is -0.123. The molecule has 2 aromatic carbocycles. The third-order valence-corrected chi connectivity index (χ3v) is 3.80. The van der Waals surface area contributed by atoms with Gasteiger partial charge in [0.25, 0.3) is 5.91 Å². The summed E-state index contributed by atoms with van der Waals surface area (Å²) >= 11 is 5.84. The van der Waals surface area contributed by atoms with E-state index in [-0.39, 0.29) is 23.3 Å². The molecule has 1 heterocycles. The highest BCUT2D eigenvalue weighted by atomic mass is 35.5. The molecule has 128 valence electrons. The molecule has 1 amide bonds. The van der Waals surface area contributed by atoms with Gasteiger partial charge < -0.3 is 10.1 Å². The summed E-state index contributed by atoms with van der Waals surface area (Å²) in [6.07, 6.45) is 1.69. The standard InChI is InChI=1S/C18H15ClFN3O2/c19-15-9-14(20)5-6-17(15)25-11-18(24)21-10-12-1-3-13(4-2-12)16-7-8-22-23-16/h1-9H,10-11H2,(H,21,24)(H,22,23). The van der Waals surface area contributed by atoms with Gasteiger partial charge in [0.05, 0.1) is 10.7 Å². The van der Waals surface area contributed by atoms with Crippen molar-refractivity contribution in [3.8, 4) is 17.0 Å². The molecule has 2 N–H and O–H groups in total. The zero-order valence-corrected chi connectivity index (χ0v) is 13.9. The fourth-order valence-corrected chi connectivity index (χ4v) is 2.43. The lowest BCUT2D eigenvalue weighted by Gasteiger charge is -2.09. The summed E-state index contributed by atoms with van der Waals surface area (Å²) in [5, 5.41) is 9.68. The van der Waals surface area contributed by atoms with Crippen LogP contribution in [0.2, 0.25) is 5.02 Å². The van der Waals surface area contributed by atoms with Crippen molar-refractivity contribution in [3.63, 3.8) is 0 Å². The number of nitrogens with one attached hydrogen (secondary N) is 2. The highest BCUT2D eigenvalue weighted by Crippen LogP contribution is 2.24. The fourth-order valence-electron chi connectivity index (χ4n) is 2.21. The molecule has 0 saturated heterocycles. The molecule has 7 heteroatoms. The predicted molar refractivity (Wildman–Crippen MR) is 92.8 cm³/mol. The quantitative estimate of drug-likeness (QED) is 0.707. The second-order valence-corrected chi connectivity index (χ2v) is 5.71. The minimum atomic E-state index is -0.458. The van der Waals surface area contributed by atoms with Crippen LogP contribution in [0.25, 0.3) is 11.3 Å². The van der Waals surface area contributed by atoms with E-state index in [0.29, 0.717) is 6.54 Å². The number of nitrogens with zero attached hydrogens (tertiary/aromatic N) is 1. The minimum absolute atomic E-state index is 0.127. The topological polar surface area (TPSA) is 67.0 Å². The van der Waals surface area contributed by atoms with Crippen molar-refractivity contribution in [3.05, 3.63) is 71.1 Å². The van der Waals surface area contributed by atoms with Crippen LogP contribution in [-0.2, 0) is 11.3 Å². The highest BCUT2D eigenvalue weighted by molar-refractivity contribution is 6.32. The van der Waals surface area contributed by atoms with Crippen molar-refractivity contribution < 1.29 is 13.9 Å². The number of carbonyl (C=O) groups excluding carboxylic acids is 1. The Hall–Kier alpha value is -2.86. The molecule has 1 aromatic heterocycles. The van der Waals surface area contributed by atoms with E-state index in [2.05, 4.69) is 15.5 Å². The summed E-state index contributed by atoms with van der Waals surface area (Å²) in [6, 6.07) is 13.4. The molecule has 5 nitrogen and oxygen atoms in total. The molecular formula is C18H15ClFN3O2. The summed E-state index contributed by atoms with van der Waals surface area (Å²) in [5.41, 5.74) is 2.90. The number of hydrogen-bond acceptors (Lipinski definition) is 3. The van der Waals surface area contributed by atoms with E-state index in [1.165, 1.54) is 12.1 Å². The van der Waals surface area contributed by atoms with E-state index in [0.717, 1.165) is 22.9 Å². The van der Waals surface area contributed by atoms with Gasteiger partial charge in [0, 0.05) is 12.7 Å². The highest BCUT2D eigenvalue weighted by Gasteiger charge is 2.07. The number of halogens is 2. The average molecular weight is 360 g/mol. The summed E-state index contributed by atoms with van der Waals surface area (Å²) in [6.45, 7) is 0.181. The Labute approximate surface area is 148 Å². The van der Waals surface area contributed by atoms with Crippen molar-refractivity contribution in [2.45, 2.75) is 6.54 Å². The van der Waals surface area contributed by atoms with Crippen LogP contribution in [-0.4, -0.2) is 22.7 Å².